The molecule has 5 rings (SSSR count). The molecule has 0 saturated carbocycles. The Morgan fingerprint density at radius 2 is 1.82 bits per heavy atom. The molecule has 3 aromatic rings. The molecule has 5 nitrogen and oxygen atoms in total. The Hall–Kier alpha value is -3.08. The summed E-state index contributed by atoms with van der Waals surface area (Å²) in [6.45, 7) is 1.86. The van der Waals surface area contributed by atoms with Crippen LogP contribution in [0.25, 0.3) is 11.0 Å². The van der Waals surface area contributed by atoms with Crippen molar-refractivity contribution in [1.82, 2.24) is 0 Å². The van der Waals surface area contributed by atoms with Gasteiger partial charge in [0.25, 0.3) is 0 Å². The molecule has 1 aliphatic carbocycles. The van der Waals surface area contributed by atoms with E-state index in [-0.39, 0.29) is 23.9 Å². The molecule has 0 N–H and O–H groups in total. The Labute approximate surface area is 161 Å². The van der Waals surface area contributed by atoms with Gasteiger partial charge in [-0.05, 0) is 61.1 Å². The van der Waals surface area contributed by atoms with Crippen LogP contribution in [0.1, 0.15) is 51.6 Å². The van der Waals surface area contributed by atoms with Gasteiger partial charge in [0.1, 0.15) is 23.2 Å². The number of hydrogen-bond acceptors (Lipinski definition) is 5. The average molecular weight is 376 g/mol. The topological polar surface area (TPSA) is 65.7 Å². The predicted octanol–water partition coefficient (Wildman–Crippen LogP) is 4.31. The van der Waals surface area contributed by atoms with Gasteiger partial charge in [-0.25, -0.2) is 4.79 Å². The molecule has 0 saturated heterocycles. The quantitative estimate of drug-likeness (QED) is 0.624. The first-order valence-corrected chi connectivity index (χ1v) is 9.52. The van der Waals surface area contributed by atoms with Crippen molar-refractivity contribution in [2.24, 2.45) is 0 Å². The predicted molar refractivity (Wildman–Crippen MR) is 105 cm³/mol. The molecule has 2 aliphatic rings. The van der Waals surface area contributed by atoms with E-state index in [9.17, 15) is 9.59 Å². The minimum absolute atomic E-state index is 0.0550. The normalized spacial score (nSPS) is 17.9. The summed E-state index contributed by atoms with van der Waals surface area (Å²) in [6.07, 6.45) is 2.34. The Balaban J connectivity index is 1.71. The lowest BCUT2D eigenvalue weighted by Crippen LogP contribution is -2.22. The maximum atomic E-state index is 13.0. The van der Waals surface area contributed by atoms with E-state index in [4.69, 9.17) is 13.9 Å². The number of fused-ring (bicyclic) bond motifs is 5. The Morgan fingerprint density at radius 1 is 1.07 bits per heavy atom. The van der Waals surface area contributed by atoms with Crippen molar-refractivity contribution in [2.75, 3.05) is 7.11 Å². The molecule has 142 valence electrons. The van der Waals surface area contributed by atoms with Crippen LogP contribution in [-0.2, 0) is 12.8 Å². The monoisotopic (exact) mass is 376 g/mol. The summed E-state index contributed by atoms with van der Waals surface area (Å²) < 4.78 is 17.2. The van der Waals surface area contributed by atoms with Gasteiger partial charge in [-0.3, -0.25) is 4.79 Å². The number of carbonyl (C=O) groups excluding carboxylic acids is 1. The van der Waals surface area contributed by atoms with Crippen LogP contribution in [0.15, 0.2) is 39.5 Å². The maximum Gasteiger partial charge on any atom is 0.339 e. The molecule has 0 radical (unpaired) electrons. The highest BCUT2D eigenvalue weighted by Crippen LogP contribution is 2.44. The second kappa shape index (κ2) is 6.23. The third kappa shape index (κ3) is 2.46. The number of Topliss-reactive ketones (excluding diaryl/α,β-unsaturated/α-hetero) is 1. The van der Waals surface area contributed by atoms with Crippen LogP contribution in [0.4, 0.5) is 0 Å². The molecule has 1 aliphatic heterocycles. The third-order valence-electron chi connectivity index (χ3n) is 5.81. The minimum Gasteiger partial charge on any atom is -0.497 e. The molecule has 5 heteroatoms. The van der Waals surface area contributed by atoms with Crippen LogP contribution >= 0.6 is 0 Å². The molecule has 2 aromatic carbocycles. The van der Waals surface area contributed by atoms with Gasteiger partial charge in [0.2, 0.25) is 0 Å². The number of rotatable bonds is 2. The molecule has 0 spiro atoms. The van der Waals surface area contributed by atoms with Gasteiger partial charge >= 0.3 is 5.63 Å². The van der Waals surface area contributed by atoms with Gasteiger partial charge in [-0.15, -0.1) is 0 Å². The van der Waals surface area contributed by atoms with Crippen LogP contribution in [0.5, 0.6) is 11.5 Å². The van der Waals surface area contributed by atoms with Crippen LogP contribution < -0.4 is 15.1 Å². The SMILES string of the molecule is COc1ccc(C2CC(=O)c3c(C)cc4oc(=O)c5c(c4c3O2)CCC5)cc1. The number of ketones is 1. The molecule has 2 heterocycles. The number of aryl methyl sites for hydroxylation is 2. The standard InChI is InChI=1S/C23H20O5/c1-12-10-19-21(15-4-3-5-16(15)23(25)28-19)22-20(12)17(24)11-18(27-22)13-6-8-14(26-2)9-7-13/h6-10,18H,3-5,11H2,1-2H3. The van der Waals surface area contributed by atoms with E-state index in [1.165, 1.54) is 0 Å². The summed E-state index contributed by atoms with van der Waals surface area (Å²) >= 11 is 0. The second-order valence-electron chi connectivity index (χ2n) is 7.48. The van der Waals surface area contributed by atoms with Gasteiger partial charge < -0.3 is 13.9 Å². The average Bonchev–Trinajstić information content (AvgIpc) is 3.18. The lowest BCUT2D eigenvalue weighted by molar-refractivity contribution is 0.0852. The first-order chi connectivity index (χ1) is 13.6. The lowest BCUT2D eigenvalue weighted by atomic mass is 9.90. The van der Waals surface area contributed by atoms with Crippen LogP contribution in [0.2, 0.25) is 0 Å². The summed E-state index contributed by atoms with van der Waals surface area (Å²) in [4.78, 5) is 25.4. The van der Waals surface area contributed by atoms with E-state index in [0.717, 1.165) is 46.2 Å². The molecule has 28 heavy (non-hydrogen) atoms. The van der Waals surface area contributed by atoms with E-state index in [2.05, 4.69) is 0 Å². The maximum absolute atomic E-state index is 13.0. The molecule has 0 bridgehead atoms. The Kier molecular flexibility index (Phi) is 3.79. The van der Waals surface area contributed by atoms with Crippen molar-refractivity contribution in [2.45, 2.75) is 38.7 Å². The molecule has 1 aromatic heterocycles. The van der Waals surface area contributed by atoms with Gasteiger partial charge in [0.05, 0.1) is 24.5 Å². The number of methoxy groups -OCH3 is 1. The molecular formula is C23H20O5. The largest absolute Gasteiger partial charge is 0.497 e. The summed E-state index contributed by atoms with van der Waals surface area (Å²) in [5.41, 5.74) is 4.25. The molecule has 1 unspecified atom stereocenters. The Bertz CT molecular complexity index is 1170. The van der Waals surface area contributed by atoms with E-state index in [1.54, 1.807) is 13.2 Å². The van der Waals surface area contributed by atoms with Crippen molar-refractivity contribution in [1.29, 1.82) is 0 Å². The number of benzene rings is 2. The van der Waals surface area contributed by atoms with Crippen molar-refractivity contribution in [3.8, 4) is 11.5 Å². The van der Waals surface area contributed by atoms with Crippen molar-refractivity contribution in [3.05, 3.63) is 68.6 Å². The number of carbonyl (C=O) groups is 1. The van der Waals surface area contributed by atoms with E-state index < -0.39 is 0 Å². The van der Waals surface area contributed by atoms with Crippen molar-refractivity contribution in [3.63, 3.8) is 0 Å². The second-order valence-corrected chi connectivity index (χ2v) is 7.48. The van der Waals surface area contributed by atoms with Gasteiger partial charge in [0, 0.05) is 5.56 Å². The van der Waals surface area contributed by atoms with Gasteiger partial charge in [-0.1, -0.05) is 12.1 Å². The Morgan fingerprint density at radius 3 is 2.57 bits per heavy atom. The molecule has 0 fully saturated rings. The molecule has 1 atom stereocenters. The van der Waals surface area contributed by atoms with E-state index >= 15 is 0 Å². The van der Waals surface area contributed by atoms with Crippen molar-refractivity contribution >= 4 is 16.8 Å². The summed E-state index contributed by atoms with van der Waals surface area (Å²) in [7, 11) is 1.62. The first kappa shape index (κ1) is 17.0. The smallest absolute Gasteiger partial charge is 0.339 e. The molecule has 0 amide bonds. The highest BCUT2D eigenvalue weighted by Gasteiger charge is 2.33. The number of hydrogen-bond donors (Lipinski definition) is 0. The minimum atomic E-state index is -0.375. The van der Waals surface area contributed by atoms with Crippen LogP contribution in [0, 0.1) is 6.92 Å². The fraction of sp³-hybridized carbons (Fsp3) is 0.304. The zero-order valence-corrected chi connectivity index (χ0v) is 15.8. The fourth-order valence-corrected chi connectivity index (χ4v) is 4.45. The number of ether oxygens (including phenoxy) is 2. The van der Waals surface area contributed by atoms with E-state index in [0.29, 0.717) is 23.3 Å². The van der Waals surface area contributed by atoms with Crippen LogP contribution in [0.3, 0.4) is 0 Å². The fourth-order valence-electron chi connectivity index (χ4n) is 4.45. The summed E-state index contributed by atoms with van der Waals surface area (Å²) in [5.74, 6) is 1.38. The zero-order chi connectivity index (χ0) is 19.4. The highest BCUT2D eigenvalue weighted by molar-refractivity contribution is 6.07. The highest BCUT2D eigenvalue weighted by atomic mass is 16.5. The zero-order valence-electron chi connectivity index (χ0n) is 15.8. The first-order valence-electron chi connectivity index (χ1n) is 9.52. The summed E-state index contributed by atoms with van der Waals surface area (Å²) in [5, 5.41) is 0.791. The van der Waals surface area contributed by atoms with Gasteiger partial charge in [-0.2, -0.15) is 0 Å². The third-order valence-corrected chi connectivity index (χ3v) is 5.81. The lowest BCUT2D eigenvalue weighted by Gasteiger charge is -2.28. The van der Waals surface area contributed by atoms with E-state index in [1.807, 2.05) is 31.2 Å². The summed E-state index contributed by atoms with van der Waals surface area (Å²) in [6, 6.07) is 9.37. The van der Waals surface area contributed by atoms with Gasteiger partial charge in [0.15, 0.2) is 5.78 Å². The van der Waals surface area contributed by atoms with Crippen LogP contribution in [-0.4, -0.2) is 12.9 Å². The molecular weight excluding hydrogens is 356 g/mol. The van der Waals surface area contributed by atoms with Crippen molar-refractivity contribution < 1.29 is 18.7 Å².